The zero-order valence-electron chi connectivity index (χ0n) is 15.3. The summed E-state index contributed by atoms with van der Waals surface area (Å²) in [6, 6.07) is 10.5. The molecule has 0 radical (unpaired) electrons. The minimum atomic E-state index is -0.518. The molecule has 0 saturated carbocycles. The lowest BCUT2D eigenvalue weighted by atomic mass is 10.0. The van der Waals surface area contributed by atoms with Crippen LogP contribution in [0.25, 0.3) is 0 Å². The van der Waals surface area contributed by atoms with Gasteiger partial charge in [0.05, 0.1) is 22.2 Å². The number of nitrogens with one attached hydrogen (secondary N) is 1. The summed E-state index contributed by atoms with van der Waals surface area (Å²) in [5.41, 5.74) is 1.12. The highest BCUT2D eigenvalue weighted by Crippen LogP contribution is 2.29. The molecule has 7 nitrogen and oxygen atoms in total. The summed E-state index contributed by atoms with van der Waals surface area (Å²) in [5, 5.41) is 23.4. The molecule has 28 heavy (non-hydrogen) atoms. The van der Waals surface area contributed by atoms with Crippen LogP contribution >= 0.6 is 0 Å². The first kappa shape index (κ1) is 19.3. The highest BCUT2D eigenvalue weighted by molar-refractivity contribution is 5.95. The van der Waals surface area contributed by atoms with Crippen LogP contribution in [-0.4, -0.2) is 29.8 Å². The minimum Gasteiger partial charge on any atom is -0.375 e. The van der Waals surface area contributed by atoms with E-state index in [1.54, 1.807) is 18.2 Å². The Morgan fingerprint density at radius 3 is 2.79 bits per heavy atom. The van der Waals surface area contributed by atoms with E-state index in [0.29, 0.717) is 24.5 Å². The normalized spacial score (nSPS) is 16.3. The maximum Gasteiger partial charge on any atom is 0.293 e. The number of nitro benzene ring substituents is 1. The van der Waals surface area contributed by atoms with Crippen LogP contribution in [0.4, 0.5) is 21.5 Å². The van der Waals surface area contributed by atoms with Gasteiger partial charge in [-0.1, -0.05) is 0 Å². The minimum absolute atomic E-state index is 0.120. The molecular weight excluding hydrogens is 363 g/mol. The first-order chi connectivity index (χ1) is 13.4. The summed E-state index contributed by atoms with van der Waals surface area (Å²) in [6.07, 6.45) is 1.57. The molecule has 1 N–H and O–H groups in total. The number of Topliss-reactive ketones (excluding diaryl/α,β-unsaturated/α-hetero) is 1. The molecule has 2 aromatic carbocycles. The van der Waals surface area contributed by atoms with Gasteiger partial charge in [0, 0.05) is 30.8 Å². The molecule has 1 aliphatic heterocycles. The molecule has 1 aliphatic rings. The van der Waals surface area contributed by atoms with Gasteiger partial charge in [-0.15, -0.1) is 0 Å². The molecule has 1 heterocycles. The average molecular weight is 382 g/mol. The number of nitro groups is 1. The van der Waals surface area contributed by atoms with Gasteiger partial charge in [-0.05, 0) is 50.1 Å². The Morgan fingerprint density at radius 1 is 1.36 bits per heavy atom. The second kappa shape index (κ2) is 8.05. The molecule has 0 bridgehead atoms. The molecule has 0 spiro atoms. The number of carbonyl (C=O) groups is 1. The fraction of sp³-hybridized carbons (Fsp3) is 0.300. The lowest BCUT2D eigenvalue weighted by Crippen LogP contribution is -2.42. The van der Waals surface area contributed by atoms with Crippen molar-refractivity contribution in [1.82, 2.24) is 0 Å². The molecule has 1 atom stereocenters. The van der Waals surface area contributed by atoms with Gasteiger partial charge in [-0.3, -0.25) is 14.9 Å². The molecule has 8 heteroatoms. The number of carbonyl (C=O) groups excluding carboxylic acids is 1. The fourth-order valence-corrected chi connectivity index (χ4v) is 3.39. The number of anilines is 2. The zero-order chi connectivity index (χ0) is 20.3. The number of rotatable bonds is 5. The van der Waals surface area contributed by atoms with Crippen LogP contribution in [0.5, 0.6) is 0 Å². The Bertz CT molecular complexity index is 970. The van der Waals surface area contributed by atoms with Gasteiger partial charge in [0.15, 0.2) is 5.78 Å². The number of piperidine rings is 1. The van der Waals surface area contributed by atoms with Gasteiger partial charge in [-0.25, -0.2) is 4.39 Å². The van der Waals surface area contributed by atoms with E-state index in [0.717, 1.165) is 12.8 Å². The van der Waals surface area contributed by atoms with Gasteiger partial charge < -0.3 is 10.2 Å². The molecule has 0 amide bonds. The number of ketones is 1. The molecule has 1 unspecified atom stereocenters. The first-order valence-electron chi connectivity index (χ1n) is 8.89. The third-order valence-electron chi connectivity index (χ3n) is 4.80. The van der Waals surface area contributed by atoms with E-state index < -0.39 is 10.7 Å². The largest absolute Gasteiger partial charge is 0.375 e. The maximum absolute atomic E-state index is 14.3. The van der Waals surface area contributed by atoms with Crippen molar-refractivity contribution in [2.24, 2.45) is 0 Å². The van der Waals surface area contributed by atoms with Gasteiger partial charge in [0.1, 0.15) is 11.5 Å². The fourth-order valence-electron chi connectivity index (χ4n) is 3.39. The Hall–Kier alpha value is -3.47. The second-order valence-corrected chi connectivity index (χ2v) is 6.75. The molecule has 3 rings (SSSR count). The Kier molecular flexibility index (Phi) is 5.54. The van der Waals surface area contributed by atoms with Gasteiger partial charge in [0.2, 0.25) is 0 Å². The molecule has 2 aromatic rings. The lowest BCUT2D eigenvalue weighted by molar-refractivity contribution is -0.384. The summed E-state index contributed by atoms with van der Waals surface area (Å²) < 4.78 is 14.3. The highest BCUT2D eigenvalue weighted by Gasteiger charge is 2.25. The summed E-state index contributed by atoms with van der Waals surface area (Å²) in [7, 11) is 0. The Balaban J connectivity index is 1.80. The van der Waals surface area contributed by atoms with Crippen LogP contribution in [0, 0.1) is 27.3 Å². The number of halogens is 1. The van der Waals surface area contributed by atoms with Crippen molar-refractivity contribution in [3.63, 3.8) is 0 Å². The number of nitrogens with zero attached hydrogens (tertiary/aromatic N) is 3. The van der Waals surface area contributed by atoms with Crippen molar-refractivity contribution >= 4 is 22.8 Å². The molecule has 0 aromatic heterocycles. The van der Waals surface area contributed by atoms with Crippen molar-refractivity contribution in [2.45, 2.75) is 25.8 Å². The van der Waals surface area contributed by atoms with Crippen molar-refractivity contribution < 1.29 is 14.1 Å². The summed E-state index contributed by atoms with van der Waals surface area (Å²) >= 11 is 0. The first-order valence-corrected chi connectivity index (χ1v) is 8.89. The molecule has 1 saturated heterocycles. The highest BCUT2D eigenvalue weighted by atomic mass is 19.1. The Labute approximate surface area is 161 Å². The van der Waals surface area contributed by atoms with E-state index in [2.05, 4.69) is 5.32 Å². The summed E-state index contributed by atoms with van der Waals surface area (Å²) in [5.74, 6) is -0.703. The van der Waals surface area contributed by atoms with Crippen LogP contribution in [0.15, 0.2) is 36.4 Å². The molecular formula is C20H19FN4O3. The molecule has 1 fully saturated rings. The van der Waals surface area contributed by atoms with Gasteiger partial charge in [-0.2, -0.15) is 5.26 Å². The average Bonchev–Trinajstić information content (AvgIpc) is 2.68. The number of nitriles is 1. The maximum atomic E-state index is 14.3. The smallest absolute Gasteiger partial charge is 0.293 e. The van der Waals surface area contributed by atoms with Gasteiger partial charge >= 0.3 is 0 Å². The topological polar surface area (TPSA) is 99.3 Å². The number of benzene rings is 2. The van der Waals surface area contributed by atoms with Crippen molar-refractivity contribution in [3.05, 3.63) is 63.5 Å². The predicted octanol–water partition coefficient (Wildman–Crippen LogP) is 3.89. The van der Waals surface area contributed by atoms with E-state index in [9.17, 15) is 19.3 Å². The predicted molar refractivity (Wildman–Crippen MR) is 103 cm³/mol. The zero-order valence-corrected chi connectivity index (χ0v) is 15.3. The van der Waals surface area contributed by atoms with Crippen LogP contribution in [-0.2, 0) is 0 Å². The van der Waals surface area contributed by atoms with Crippen LogP contribution in [0.1, 0.15) is 35.7 Å². The van der Waals surface area contributed by atoms with E-state index in [4.69, 9.17) is 5.26 Å². The third kappa shape index (κ3) is 4.09. The standard InChI is InChI=1S/C20H19FN4O3/c1-13(26)15-5-6-18(20(10-15)25(27)28)23-16-3-2-8-24(12-16)19-7-4-14(11-22)9-17(19)21/h4-7,9-10,16,23H,2-3,8,12H2,1H3. The van der Waals surface area contributed by atoms with E-state index in [1.807, 2.05) is 11.0 Å². The van der Waals surface area contributed by atoms with Gasteiger partial charge in [0.25, 0.3) is 5.69 Å². The third-order valence-corrected chi connectivity index (χ3v) is 4.80. The SMILES string of the molecule is CC(=O)c1ccc(NC2CCCN(c3ccc(C#N)cc3F)C2)c([N+](=O)[O-])c1. The molecule has 144 valence electrons. The van der Waals surface area contributed by atoms with Crippen molar-refractivity contribution in [3.8, 4) is 6.07 Å². The number of hydrogen-bond acceptors (Lipinski definition) is 6. The van der Waals surface area contributed by atoms with E-state index in [1.165, 1.54) is 25.1 Å². The van der Waals surface area contributed by atoms with E-state index in [-0.39, 0.29) is 28.6 Å². The monoisotopic (exact) mass is 382 g/mol. The van der Waals surface area contributed by atoms with Crippen LogP contribution in [0.3, 0.4) is 0 Å². The lowest BCUT2D eigenvalue weighted by Gasteiger charge is -2.35. The van der Waals surface area contributed by atoms with Crippen molar-refractivity contribution in [1.29, 1.82) is 5.26 Å². The van der Waals surface area contributed by atoms with E-state index >= 15 is 0 Å². The summed E-state index contributed by atoms with van der Waals surface area (Å²) in [6.45, 7) is 2.48. The molecule has 0 aliphatic carbocycles. The van der Waals surface area contributed by atoms with Crippen LogP contribution < -0.4 is 10.2 Å². The second-order valence-electron chi connectivity index (χ2n) is 6.75. The number of hydrogen-bond donors (Lipinski definition) is 1. The quantitative estimate of drug-likeness (QED) is 0.478. The van der Waals surface area contributed by atoms with Crippen molar-refractivity contribution in [2.75, 3.05) is 23.3 Å². The summed E-state index contributed by atoms with van der Waals surface area (Å²) in [4.78, 5) is 24.2. The Morgan fingerprint density at radius 2 is 2.14 bits per heavy atom. The van der Waals surface area contributed by atoms with Crippen LogP contribution in [0.2, 0.25) is 0 Å².